The Balaban J connectivity index is 1.86. The van der Waals surface area contributed by atoms with Crippen LogP contribution in [0.25, 0.3) is 12.2 Å². The molecule has 1 nitrogen and oxygen atoms in total. The third-order valence-electron chi connectivity index (χ3n) is 3.93. The van der Waals surface area contributed by atoms with E-state index >= 15 is 0 Å². The Labute approximate surface area is 142 Å². The molecule has 0 aliphatic carbocycles. The predicted molar refractivity (Wildman–Crippen MR) is 101 cm³/mol. The first kappa shape index (κ1) is 15.8. The molecule has 2 heteroatoms. The van der Waals surface area contributed by atoms with E-state index in [9.17, 15) is 4.79 Å². The first-order valence-electron chi connectivity index (χ1n) is 7.79. The zero-order valence-electron chi connectivity index (χ0n) is 13.5. The van der Waals surface area contributed by atoms with Crippen molar-refractivity contribution in [2.45, 2.75) is 13.8 Å². The van der Waals surface area contributed by atoms with Crippen LogP contribution in [0.15, 0.2) is 59.7 Å². The van der Waals surface area contributed by atoms with E-state index < -0.39 is 0 Å². The third-order valence-corrected chi connectivity index (χ3v) is 4.97. The summed E-state index contributed by atoms with van der Waals surface area (Å²) in [6, 6.07) is 16.6. The third kappa shape index (κ3) is 4.02. The van der Waals surface area contributed by atoms with Crippen molar-refractivity contribution >= 4 is 29.7 Å². The Bertz CT molecular complexity index is 699. The molecule has 0 unspecified atom stereocenters. The molecule has 1 fully saturated rings. The summed E-state index contributed by atoms with van der Waals surface area (Å²) >= 11 is 1.80. The summed E-state index contributed by atoms with van der Waals surface area (Å²) in [4.78, 5) is 12.7. The van der Waals surface area contributed by atoms with Crippen LogP contribution in [0.5, 0.6) is 0 Å². The number of thioether (sulfide) groups is 1. The van der Waals surface area contributed by atoms with Gasteiger partial charge in [-0.1, -0.05) is 59.7 Å². The molecule has 1 aliphatic heterocycles. The van der Waals surface area contributed by atoms with Gasteiger partial charge in [0.25, 0.3) is 0 Å². The Morgan fingerprint density at radius 1 is 0.739 bits per heavy atom. The smallest absolute Gasteiger partial charge is 0.186 e. The Morgan fingerprint density at radius 2 is 1.13 bits per heavy atom. The van der Waals surface area contributed by atoms with Crippen LogP contribution in [-0.2, 0) is 4.79 Å². The number of hydrogen-bond donors (Lipinski definition) is 0. The molecule has 23 heavy (non-hydrogen) atoms. The number of Topliss-reactive ketones (excluding diaryl/α,β-unsaturated/α-hetero) is 1. The van der Waals surface area contributed by atoms with E-state index in [2.05, 4.69) is 62.4 Å². The molecule has 1 saturated heterocycles. The average Bonchev–Trinajstić information content (AvgIpc) is 2.55. The highest BCUT2D eigenvalue weighted by molar-refractivity contribution is 7.99. The number of carbonyl (C=O) groups excluding carboxylic acids is 1. The van der Waals surface area contributed by atoms with Gasteiger partial charge < -0.3 is 0 Å². The van der Waals surface area contributed by atoms with Crippen LogP contribution >= 0.6 is 11.8 Å². The number of rotatable bonds is 2. The highest BCUT2D eigenvalue weighted by Crippen LogP contribution is 2.27. The molecule has 3 rings (SSSR count). The molecule has 1 aliphatic rings. The van der Waals surface area contributed by atoms with Gasteiger partial charge >= 0.3 is 0 Å². The van der Waals surface area contributed by atoms with E-state index in [1.165, 1.54) is 11.1 Å². The normalized spacial score (nSPS) is 18.6. The molecule has 0 N–H and O–H groups in total. The minimum atomic E-state index is 0.185. The van der Waals surface area contributed by atoms with Gasteiger partial charge in [0.1, 0.15) is 0 Å². The van der Waals surface area contributed by atoms with Gasteiger partial charge in [0.15, 0.2) is 5.78 Å². The fourth-order valence-electron chi connectivity index (χ4n) is 2.55. The van der Waals surface area contributed by atoms with E-state index in [0.29, 0.717) is 0 Å². The van der Waals surface area contributed by atoms with Crippen LogP contribution in [0.1, 0.15) is 22.3 Å². The summed E-state index contributed by atoms with van der Waals surface area (Å²) < 4.78 is 0. The van der Waals surface area contributed by atoms with E-state index in [0.717, 1.165) is 33.8 Å². The van der Waals surface area contributed by atoms with Gasteiger partial charge in [-0.15, -0.1) is 0 Å². The maximum atomic E-state index is 12.7. The number of ketones is 1. The van der Waals surface area contributed by atoms with Gasteiger partial charge in [0, 0.05) is 22.7 Å². The van der Waals surface area contributed by atoms with E-state index in [1.54, 1.807) is 11.8 Å². The highest BCUT2D eigenvalue weighted by atomic mass is 32.2. The molecule has 0 bridgehead atoms. The second kappa shape index (κ2) is 7.01. The number of aryl methyl sites for hydroxylation is 2. The summed E-state index contributed by atoms with van der Waals surface area (Å²) in [5, 5.41) is 0. The van der Waals surface area contributed by atoms with Crippen molar-refractivity contribution in [3.05, 3.63) is 81.9 Å². The fraction of sp³-hybridized carbons (Fsp3) is 0.190. The molecule has 116 valence electrons. The maximum absolute atomic E-state index is 12.7. The van der Waals surface area contributed by atoms with Gasteiger partial charge in [-0.2, -0.15) is 11.8 Å². The molecule has 0 radical (unpaired) electrons. The highest BCUT2D eigenvalue weighted by Gasteiger charge is 2.20. The van der Waals surface area contributed by atoms with Crippen molar-refractivity contribution < 1.29 is 4.79 Å². The van der Waals surface area contributed by atoms with Crippen LogP contribution in [0, 0.1) is 13.8 Å². The summed E-state index contributed by atoms with van der Waals surface area (Å²) in [7, 11) is 0. The molecule has 0 spiro atoms. The van der Waals surface area contributed by atoms with Gasteiger partial charge in [-0.3, -0.25) is 4.79 Å². The van der Waals surface area contributed by atoms with Gasteiger partial charge in [-0.05, 0) is 37.1 Å². The maximum Gasteiger partial charge on any atom is 0.186 e. The predicted octanol–water partition coefficient (Wildman–Crippen LogP) is 5.09. The number of carbonyl (C=O) groups is 1. The van der Waals surface area contributed by atoms with Crippen molar-refractivity contribution in [2.24, 2.45) is 0 Å². The lowest BCUT2D eigenvalue weighted by Crippen LogP contribution is -2.16. The number of hydrogen-bond acceptors (Lipinski definition) is 2. The van der Waals surface area contributed by atoms with E-state index in [4.69, 9.17) is 0 Å². The quantitative estimate of drug-likeness (QED) is 0.717. The summed E-state index contributed by atoms with van der Waals surface area (Å²) in [6.07, 6.45) is 4.05. The van der Waals surface area contributed by atoms with Gasteiger partial charge in [-0.25, -0.2) is 0 Å². The first-order chi connectivity index (χ1) is 11.1. The van der Waals surface area contributed by atoms with Gasteiger partial charge in [0.2, 0.25) is 0 Å². The molecule has 0 amide bonds. The summed E-state index contributed by atoms with van der Waals surface area (Å²) in [5.41, 5.74) is 6.44. The molecule has 1 heterocycles. The van der Waals surface area contributed by atoms with Crippen molar-refractivity contribution in [2.75, 3.05) is 11.5 Å². The minimum Gasteiger partial charge on any atom is -0.289 e. The summed E-state index contributed by atoms with van der Waals surface area (Å²) in [6.45, 7) is 4.14. The van der Waals surface area contributed by atoms with Crippen LogP contribution < -0.4 is 0 Å². The van der Waals surface area contributed by atoms with E-state index in [-0.39, 0.29) is 5.78 Å². The zero-order chi connectivity index (χ0) is 16.2. The van der Waals surface area contributed by atoms with Crippen LogP contribution in [-0.4, -0.2) is 17.3 Å². The van der Waals surface area contributed by atoms with Gasteiger partial charge in [0.05, 0.1) is 0 Å². The van der Waals surface area contributed by atoms with Crippen LogP contribution in [0.3, 0.4) is 0 Å². The van der Waals surface area contributed by atoms with Crippen molar-refractivity contribution in [3.8, 4) is 0 Å². The lowest BCUT2D eigenvalue weighted by molar-refractivity contribution is -0.112. The standard InChI is InChI=1S/C21H20OS/c1-15-3-7-17(8-4-15)11-19-13-23-14-20(21(19)22)12-18-9-5-16(2)6-10-18/h3-12H,13-14H2,1-2H3/b19-11-,20-12+. The van der Waals surface area contributed by atoms with Crippen molar-refractivity contribution in [1.82, 2.24) is 0 Å². The molecular formula is C21H20OS. The largest absolute Gasteiger partial charge is 0.289 e. The van der Waals surface area contributed by atoms with Crippen molar-refractivity contribution in [3.63, 3.8) is 0 Å². The van der Waals surface area contributed by atoms with Crippen LogP contribution in [0.2, 0.25) is 0 Å². The minimum absolute atomic E-state index is 0.185. The molecule has 0 atom stereocenters. The Morgan fingerprint density at radius 3 is 1.52 bits per heavy atom. The number of benzene rings is 2. The van der Waals surface area contributed by atoms with E-state index in [1.807, 2.05) is 12.2 Å². The molecule has 0 aromatic heterocycles. The average molecular weight is 320 g/mol. The lowest BCUT2D eigenvalue weighted by Gasteiger charge is -2.16. The second-order valence-electron chi connectivity index (χ2n) is 5.98. The fourth-order valence-corrected chi connectivity index (χ4v) is 3.52. The molecule has 0 saturated carbocycles. The van der Waals surface area contributed by atoms with Crippen LogP contribution in [0.4, 0.5) is 0 Å². The topological polar surface area (TPSA) is 17.1 Å². The lowest BCUT2D eigenvalue weighted by atomic mass is 10.00. The molecule has 2 aromatic carbocycles. The Hall–Kier alpha value is -2.06. The van der Waals surface area contributed by atoms with Crippen molar-refractivity contribution in [1.29, 1.82) is 0 Å². The molecule has 2 aromatic rings. The molecular weight excluding hydrogens is 300 g/mol. The zero-order valence-corrected chi connectivity index (χ0v) is 14.3. The monoisotopic (exact) mass is 320 g/mol. The first-order valence-corrected chi connectivity index (χ1v) is 8.94. The SMILES string of the molecule is Cc1ccc(/C=C2\CSC/C(=C/c3ccc(C)cc3)C2=O)cc1. The second-order valence-corrected chi connectivity index (χ2v) is 6.97. The Kier molecular flexibility index (Phi) is 4.82. The summed E-state index contributed by atoms with van der Waals surface area (Å²) in [5.74, 6) is 1.76.